The Balaban J connectivity index is 1.80. The van der Waals surface area contributed by atoms with Gasteiger partial charge in [-0.05, 0) is 11.6 Å². The van der Waals surface area contributed by atoms with E-state index >= 15 is 0 Å². The zero-order valence-corrected chi connectivity index (χ0v) is 11.2. The van der Waals surface area contributed by atoms with Crippen LogP contribution in [0.25, 0.3) is 11.1 Å². The molecule has 0 saturated carbocycles. The van der Waals surface area contributed by atoms with Crippen LogP contribution in [0, 0.1) is 10.1 Å². The number of rotatable bonds is 4. The van der Waals surface area contributed by atoms with Gasteiger partial charge in [-0.15, -0.1) is 0 Å². The number of thioether (sulfide) groups is 1. The van der Waals surface area contributed by atoms with Gasteiger partial charge >= 0.3 is 0 Å². The second-order valence-corrected chi connectivity index (χ2v) is 5.09. The first-order valence-corrected chi connectivity index (χ1v) is 6.92. The molecule has 2 aromatic carbocycles. The Morgan fingerprint density at radius 2 is 2.00 bits per heavy atom. The van der Waals surface area contributed by atoms with E-state index < -0.39 is 4.92 Å². The van der Waals surface area contributed by atoms with Crippen LogP contribution < -0.4 is 0 Å². The van der Waals surface area contributed by atoms with Gasteiger partial charge in [0.05, 0.1) is 11.0 Å². The molecular weight excluding hydrogens is 276 g/mol. The lowest BCUT2D eigenvalue weighted by Crippen LogP contribution is -1.86. The first kappa shape index (κ1) is 12.7. The van der Waals surface area contributed by atoms with Crippen LogP contribution in [-0.2, 0) is 5.75 Å². The molecule has 0 N–H and O–H groups in total. The molecule has 0 fully saturated rings. The molecule has 0 saturated heterocycles. The van der Waals surface area contributed by atoms with Crippen LogP contribution in [0.4, 0.5) is 5.69 Å². The van der Waals surface area contributed by atoms with Crippen molar-refractivity contribution in [2.45, 2.75) is 11.0 Å². The van der Waals surface area contributed by atoms with E-state index in [-0.39, 0.29) is 5.69 Å². The fourth-order valence-electron chi connectivity index (χ4n) is 1.79. The second kappa shape index (κ2) is 5.34. The molecule has 3 aromatic rings. The highest BCUT2D eigenvalue weighted by Gasteiger charge is 2.11. The average molecular weight is 286 g/mol. The van der Waals surface area contributed by atoms with Crippen molar-refractivity contribution < 1.29 is 9.34 Å². The molecule has 0 aliphatic carbocycles. The summed E-state index contributed by atoms with van der Waals surface area (Å²) in [6, 6.07) is 14.4. The van der Waals surface area contributed by atoms with Gasteiger partial charge in [-0.3, -0.25) is 10.1 Å². The van der Waals surface area contributed by atoms with Gasteiger partial charge in [-0.1, -0.05) is 42.1 Å². The number of nitro benzene ring substituents is 1. The van der Waals surface area contributed by atoms with Gasteiger partial charge in [0.2, 0.25) is 0 Å². The molecule has 100 valence electrons. The summed E-state index contributed by atoms with van der Waals surface area (Å²) in [6.45, 7) is 0. The first-order valence-electron chi connectivity index (χ1n) is 5.94. The van der Waals surface area contributed by atoms with Gasteiger partial charge in [0.25, 0.3) is 10.9 Å². The summed E-state index contributed by atoms with van der Waals surface area (Å²) in [7, 11) is 0. The predicted octanol–water partition coefficient (Wildman–Crippen LogP) is 4.03. The maximum atomic E-state index is 10.7. The highest BCUT2D eigenvalue weighted by Crippen LogP contribution is 2.28. The summed E-state index contributed by atoms with van der Waals surface area (Å²) >= 11 is 1.47. The first-order chi connectivity index (χ1) is 9.72. The van der Waals surface area contributed by atoms with Crippen molar-refractivity contribution >= 4 is 28.5 Å². The number of oxazole rings is 1. The molecule has 0 spiro atoms. The van der Waals surface area contributed by atoms with Gasteiger partial charge in [0.1, 0.15) is 5.52 Å². The maximum absolute atomic E-state index is 10.7. The van der Waals surface area contributed by atoms with E-state index in [1.807, 2.05) is 30.3 Å². The van der Waals surface area contributed by atoms with Gasteiger partial charge in [0.15, 0.2) is 5.58 Å². The Morgan fingerprint density at radius 1 is 1.20 bits per heavy atom. The topological polar surface area (TPSA) is 69.2 Å². The summed E-state index contributed by atoms with van der Waals surface area (Å²) in [5, 5.41) is 11.2. The van der Waals surface area contributed by atoms with Crippen LogP contribution in [0.15, 0.2) is 58.2 Å². The number of hydrogen-bond acceptors (Lipinski definition) is 5. The lowest BCUT2D eigenvalue weighted by molar-refractivity contribution is -0.384. The van der Waals surface area contributed by atoms with Crippen LogP contribution in [0.3, 0.4) is 0 Å². The molecule has 0 radical (unpaired) electrons. The van der Waals surface area contributed by atoms with Crippen LogP contribution >= 0.6 is 11.8 Å². The van der Waals surface area contributed by atoms with E-state index in [1.54, 1.807) is 6.07 Å². The minimum atomic E-state index is -0.446. The highest BCUT2D eigenvalue weighted by atomic mass is 32.2. The van der Waals surface area contributed by atoms with Crippen molar-refractivity contribution in [1.82, 2.24) is 4.98 Å². The zero-order chi connectivity index (χ0) is 13.9. The van der Waals surface area contributed by atoms with E-state index in [4.69, 9.17) is 4.42 Å². The summed E-state index contributed by atoms with van der Waals surface area (Å²) < 4.78 is 5.53. The number of nitro groups is 1. The van der Waals surface area contributed by atoms with Crippen LogP contribution in [0.2, 0.25) is 0 Å². The Labute approximate surface area is 118 Å². The second-order valence-electron chi connectivity index (χ2n) is 4.16. The Bertz CT molecular complexity index is 755. The standard InChI is InChI=1S/C14H10N2O3S/c17-16(18)11-6-7-12-13(8-11)19-14(15-12)20-9-10-4-2-1-3-5-10/h1-8H,9H2. The monoisotopic (exact) mass is 286 g/mol. The van der Waals surface area contributed by atoms with Gasteiger partial charge in [-0.2, -0.15) is 0 Å². The fourth-order valence-corrected chi connectivity index (χ4v) is 2.58. The lowest BCUT2D eigenvalue weighted by Gasteiger charge is -1.96. The molecule has 1 aromatic heterocycles. The number of hydrogen-bond donors (Lipinski definition) is 0. The minimum Gasteiger partial charge on any atom is -0.431 e. The van der Waals surface area contributed by atoms with E-state index in [0.29, 0.717) is 16.3 Å². The Kier molecular flexibility index (Phi) is 3.39. The predicted molar refractivity (Wildman–Crippen MR) is 76.7 cm³/mol. The summed E-state index contributed by atoms with van der Waals surface area (Å²) in [4.78, 5) is 14.6. The van der Waals surface area contributed by atoms with E-state index in [2.05, 4.69) is 4.98 Å². The van der Waals surface area contributed by atoms with Crippen molar-refractivity contribution in [3.05, 3.63) is 64.2 Å². The number of aromatic nitrogens is 1. The normalized spacial score (nSPS) is 10.8. The SMILES string of the molecule is O=[N+]([O-])c1ccc2nc(SCc3ccccc3)oc2c1. The summed E-state index contributed by atoms with van der Waals surface area (Å²) in [6.07, 6.45) is 0. The molecule has 0 unspecified atom stereocenters. The largest absolute Gasteiger partial charge is 0.431 e. The third-order valence-electron chi connectivity index (χ3n) is 2.77. The molecule has 20 heavy (non-hydrogen) atoms. The van der Waals surface area contributed by atoms with E-state index in [0.717, 1.165) is 5.75 Å². The van der Waals surface area contributed by atoms with Crippen LogP contribution in [-0.4, -0.2) is 9.91 Å². The Morgan fingerprint density at radius 3 is 2.75 bits per heavy atom. The molecule has 0 bridgehead atoms. The fraction of sp³-hybridized carbons (Fsp3) is 0.0714. The third-order valence-corrected chi connectivity index (χ3v) is 3.67. The van der Waals surface area contributed by atoms with Crippen LogP contribution in [0.5, 0.6) is 0 Å². The number of fused-ring (bicyclic) bond motifs is 1. The molecule has 1 heterocycles. The maximum Gasteiger partial charge on any atom is 0.273 e. The van der Waals surface area contributed by atoms with Crippen molar-refractivity contribution in [3.8, 4) is 0 Å². The molecule has 0 aliphatic heterocycles. The highest BCUT2D eigenvalue weighted by molar-refractivity contribution is 7.98. The molecule has 3 rings (SSSR count). The quantitative estimate of drug-likeness (QED) is 0.411. The molecule has 0 atom stereocenters. The Hall–Kier alpha value is -2.34. The molecule has 0 amide bonds. The third kappa shape index (κ3) is 2.65. The van der Waals surface area contributed by atoms with Gasteiger partial charge in [0, 0.05) is 11.8 Å². The molecule has 0 aliphatic rings. The van der Waals surface area contributed by atoms with Crippen LogP contribution in [0.1, 0.15) is 5.56 Å². The zero-order valence-electron chi connectivity index (χ0n) is 10.4. The molecule has 5 nitrogen and oxygen atoms in total. The van der Waals surface area contributed by atoms with Crippen molar-refractivity contribution in [2.75, 3.05) is 0 Å². The molecular formula is C14H10N2O3S. The molecule has 6 heteroatoms. The van der Waals surface area contributed by atoms with Gasteiger partial charge in [-0.25, -0.2) is 4.98 Å². The number of non-ortho nitro benzene ring substituents is 1. The van der Waals surface area contributed by atoms with Gasteiger partial charge < -0.3 is 4.42 Å². The smallest absolute Gasteiger partial charge is 0.273 e. The minimum absolute atomic E-state index is 0.00765. The van der Waals surface area contributed by atoms with E-state index in [1.165, 1.54) is 29.5 Å². The summed E-state index contributed by atoms with van der Waals surface area (Å²) in [5.74, 6) is 0.746. The lowest BCUT2D eigenvalue weighted by atomic mass is 10.2. The number of benzene rings is 2. The van der Waals surface area contributed by atoms with Crippen molar-refractivity contribution in [2.24, 2.45) is 0 Å². The average Bonchev–Trinajstić information content (AvgIpc) is 2.88. The van der Waals surface area contributed by atoms with Crippen molar-refractivity contribution in [3.63, 3.8) is 0 Å². The van der Waals surface area contributed by atoms with E-state index in [9.17, 15) is 10.1 Å². The van der Waals surface area contributed by atoms with Crippen molar-refractivity contribution in [1.29, 1.82) is 0 Å². The number of nitrogens with zero attached hydrogens (tertiary/aromatic N) is 2. The summed E-state index contributed by atoms with van der Waals surface area (Å²) in [5.41, 5.74) is 2.25.